The number of likely N-dealkylation sites (tertiary alicyclic amines) is 1. The highest BCUT2D eigenvalue weighted by Gasteiger charge is 2.64. The minimum Gasteiger partial charge on any atom is -0.339 e. The van der Waals surface area contributed by atoms with Gasteiger partial charge in [0, 0.05) is 31.0 Å². The second-order valence-electron chi connectivity index (χ2n) is 7.45. The van der Waals surface area contributed by atoms with Gasteiger partial charge in [-0.3, -0.25) is 9.78 Å². The molecule has 2 fully saturated rings. The zero-order chi connectivity index (χ0) is 20.1. The van der Waals surface area contributed by atoms with Gasteiger partial charge in [-0.2, -0.15) is 4.98 Å². The Bertz CT molecular complexity index is 1160. The number of nitrogens with zero attached hydrogens (tertiary/aromatic N) is 4. The maximum absolute atomic E-state index is 12.9. The van der Waals surface area contributed by atoms with Gasteiger partial charge < -0.3 is 9.42 Å². The summed E-state index contributed by atoms with van der Waals surface area (Å²) in [6.07, 6.45) is 3.48. The van der Waals surface area contributed by atoms with E-state index in [1.807, 2.05) is 30.3 Å². The summed E-state index contributed by atoms with van der Waals surface area (Å²) in [6.45, 7) is 0.244. The van der Waals surface area contributed by atoms with Crippen LogP contribution in [-0.4, -0.2) is 57.9 Å². The van der Waals surface area contributed by atoms with E-state index in [1.165, 1.54) is 6.20 Å². The standard InChI is InChI=1S/C20H18N4O4S/c25-19(15-7-4-9-21-11-15)24-12-20(13-24)16(8-10-29(20,26)27)18-22-17(23-28-18)14-5-2-1-3-6-14/h1-7,9,11,16H,8,10,12-13H2. The Morgan fingerprint density at radius 2 is 1.93 bits per heavy atom. The van der Waals surface area contributed by atoms with Crippen LogP contribution in [-0.2, 0) is 9.84 Å². The molecule has 0 bridgehead atoms. The lowest BCUT2D eigenvalue weighted by Gasteiger charge is -2.48. The van der Waals surface area contributed by atoms with Crippen LogP contribution in [0.5, 0.6) is 0 Å². The van der Waals surface area contributed by atoms with Crippen molar-refractivity contribution in [3.05, 3.63) is 66.3 Å². The van der Waals surface area contributed by atoms with Crippen LogP contribution in [0, 0.1) is 0 Å². The normalized spacial score (nSPS) is 21.8. The largest absolute Gasteiger partial charge is 0.339 e. The van der Waals surface area contributed by atoms with E-state index in [9.17, 15) is 13.2 Å². The molecule has 2 saturated heterocycles. The van der Waals surface area contributed by atoms with Gasteiger partial charge in [0.1, 0.15) is 4.75 Å². The summed E-state index contributed by atoms with van der Waals surface area (Å²) in [5.74, 6) is 0.159. The van der Waals surface area contributed by atoms with Crippen molar-refractivity contribution in [1.82, 2.24) is 20.0 Å². The molecule has 148 valence electrons. The summed E-state index contributed by atoms with van der Waals surface area (Å²) in [7, 11) is -3.39. The monoisotopic (exact) mass is 410 g/mol. The number of hydrogen-bond acceptors (Lipinski definition) is 7. The smallest absolute Gasteiger partial charge is 0.255 e. The molecule has 0 radical (unpaired) electrons. The molecule has 29 heavy (non-hydrogen) atoms. The summed E-state index contributed by atoms with van der Waals surface area (Å²) < 4.78 is 30.2. The van der Waals surface area contributed by atoms with E-state index in [0.29, 0.717) is 23.7 Å². The van der Waals surface area contributed by atoms with E-state index >= 15 is 0 Å². The van der Waals surface area contributed by atoms with Crippen LogP contribution in [0.15, 0.2) is 59.4 Å². The minimum absolute atomic E-state index is 0.0512. The molecule has 1 unspecified atom stereocenters. The zero-order valence-electron chi connectivity index (χ0n) is 15.4. The molecule has 1 spiro atoms. The van der Waals surface area contributed by atoms with E-state index in [1.54, 1.807) is 23.2 Å². The van der Waals surface area contributed by atoms with Gasteiger partial charge in [-0.05, 0) is 18.6 Å². The lowest BCUT2D eigenvalue weighted by Crippen LogP contribution is -2.67. The topological polar surface area (TPSA) is 106 Å². The van der Waals surface area contributed by atoms with Crippen molar-refractivity contribution >= 4 is 15.7 Å². The Hall–Kier alpha value is -3.07. The molecule has 2 aromatic heterocycles. The molecule has 2 aliphatic heterocycles. The molecule has 0 saturated carbocycles. The molecule has 1 atom stereocenters. The highest BCUT2D eigenvalue weighted by atomic mass is 32.2. The average Bonchev–Trinajstić information content (AvgIpc) is 3.30. The summed E-state index contributed by atoms with van der Waals surface area (Å²) in [4.78, 5) is 22.6. The van der Waals surface area contributed by atoms with Crippen LogP contribution in [0.1, 0.15) is 28.6 Å². The fourth-order valence-electron chi connectivity index (χ4n) is 4.22. The second kappa shape index (κ2) is 6.48. The number of amides is 1. The molecule has 5 rings (SSSR count). The van der Waals surface area contributed by atoms with Crippen molar-refractivity contribution in [2.45, 2.75) is 17.1 Å². The Morgan fingerprint density at radius 3 is 2.66 bits per heavy atom. The number of benzene rings is 1. The highest BCUT2D eigenvalue weighted by Crippen LogP contribution is 2.49. The van der Waals surface area contributed by atoms with Gasteiger partial charge in [-0.25, -0.2) is 8.42 Å². The Kier molecular flexibility index (Phi) is 4.02. The van der Waals surface area contributed by atoms with Crippen molar-refractivity contribution in [3.8, 4) is 11.4 Å². The molecule has 4 heterocycles. The Balaban J connectivity index is 1.42. The van der Waals surface area contributed by atoms with Crippen LogP contribution in [0.2, 0.25) is 0 Å². The summed E-state index contributed by atoms with van der Waals surface area (Å²) in [6, 6.07) is 12.7. The second-order valence-corrected chi connectivity index (χ2v) is 9.90. The predicted molar refractivity (Wildman–Crippen MR) is 104 cm³/mol. The lowest BCUT2D eigenvalue weighted by molar-refractivity contribution is 0.0503. The van der Waals surface area contributed by atoms with Crippen molar-refractivity contribution in [2.24, 2.45) is 0 Å². The van der Waals surface area contributed by atoms with Crippen LogP contribution >= 0.6 is 0 Å². The van der Waals surface area contributed by atoms with Crippen molar-refractivity contribution < 1.29 is 17.7 Å². The molecule has 9 heteroatoms. The van der Waals surface area contributed by atoms with E-state index in [-0.39, 0.29) is 24.7 Å². The minimum atomic E-state index is -3.39. The average molecular weight is 410 g/mol. The van der Waals surface area contributed by atoms with Crippen LogP contribution < -0.4 is 0 Å². The first kappa shape index (κ1) is 18.0. The number of pyridine rings is 1. The number of carbonyl (C=O) groups is 1. The number of aromatic nitrogens is 3. The third-order valence-corrected chi connectivity index (χ3v) is 8.37. The Labute approximate surface area is 167 Å². The molecule has 8 nitrogen and oxygen atoms in total. The maximum atomic E-state index is 12.9. The maximum Gasteiger partial charge on any atom is 0.255 e. The van der Waals surface area contributed by atoms with Gasteiger partial charge in [-0.15, -0.1) is 0 Å². The van der Waals surface area contributed by atoms with Gasteiger partial charge in [0.05, 0.1) is 17.2 Å². The van der Waals surface area contributed by atoms with Crippen molar-refractivity contribution in [1.29, 1.82) is 0 Å². The van der Waals surface area contributed by atoms with Gasteiger partial charge in [0.25, 0.3) is 5.91 Å². The van der Waals surface area contributed by atoms with Crippen LogP contribution in [0.4, 0.5) is 0 Å². The molecular weight excluding hydrogens is 392 g/mol. The van der Waals surface area contributed by atoms with Gasteiger partial charge in [0.15, 0.2) is 9.84 Å². The van der Waals surface area contributed by atoms with E-state index in [0.717, 1.165) is 5.56 Å². The molecule has 1 aromatic carbocycles. The van der Waals surface area contributed by atoms with Crippen LogP contribution in [0.3, 0.4) is 0 Å². The van der Waals surface area contributed by atoms with E-state index in [2.05, 4.69) is 15.1 Å². The first-order chi connectivity index (χ1) is 14.0. The molecule has 1 amide bonds. The quantitative estimate of drug-likeness (QED) is 0.649. The third-order valence-electron chi connectivity index (χ3n) is 5.81. The van der Waals surface area contributed by atoms with Crippen LogP contribution in [0.25, 0.3) is 11.4 Å². The fraction of sp³-hybridized carbons (Fsp3) is 0.300. The zero-order valence-corrected chi connectivity index (χ0v) is 16.2. The van der Waals surface area contributed by atoms with Gasteiger partial charge in [0.2, 0.25) is 11.7 Å². The highest BCUT2D eigenvalue weighted by molar-refractivity contribution is 7.93. The first-order valence-electron chi connectivity index (χ1n) is 9.31. The van der Waals surface area contributed by atoms with E-state index in [4.69, 9.17) is 4.52 Å². The van der Waals surface area contributed by atoms with Gasteiger partial charge in [-0.1, -0.05) is 35.5 Å². The predicted octanol–water partition coefficient (Wildman–Crippen LogP) is 1.93. The number of hydrogen-bond donors (Lipinski definition) is 0. The number of rotatable bonds is 3. The lowest BCUT2D eigenvalue weighted by atomic mass is 9.82. The number of carbonyl (C=O) groups excluding carboxylic acids is 1. The molecule has 2 aliphatic rings. The van der Waals surface area contributed by atoms with Crippen molar-refractivity contribution in [2.75, 3.05) is 18.8 Å². The number of sulfone groups is 1. The Morgan fingerprint density at radius 1 is 1.14 bits per heavy atom. The SMILES string of the molecule is O=C(c1cccnc1)N1CC2(C1)C(c1nc(-c3ccccc3)no1)CCS2(=O)=O. The molecule has 3 aromatic rings. The van der Waals surface area contributed by atoms with E-state index < -0.39 is 20.5 Å². The third kappa shape index (κ3) is 2.76. The molecule has 0 N–H and O–H groups in total. The van der Waals surface area contributed by atoms with Gasteiger partial charge >= 0.3 is 0 Å². The summed E-state index contributed by atoms with van der Waals surface area (Å²) in [5, 5.41) is 4.03. The molecular formula is C20H18N4O4S. The summed E-state index contributed by atoms with van der Waals surface area (Å²) >= 11 is 0. The summed E-state index contributed by atoms with van der Waals surface area (Å²) in [5.41, 5.74) is 1.25. The van der Waals surface area contributed by atoms with Crippen molar-refractivity contribution in [3.63, 3.8) is 0 Å². The first-order valence-corrected chi connectivity index (χ1v) is 11.0. The molecule has 0 aliphatic carbocycles. The fourth-order valence-corrected chi connectivity index (χ4v) is 6.53.